The van der Waals surface area contributed by atoms with E-state index in [0.717, 1.165) is 12.1 Å². The molecule has 0 aliphatic heterocycles. The van der Waals surface area contributed by atoms with Crippen molar-refractivity contribution in [3.05, 3.63) is 51.9 Å². The van der Waals surface area contributed by atoms with E-state index in [0.29, 0.717) is 5.76 Å². The lowest BCUT2D eigenvalue weighted by Gasteiger charge is -2.05. The minimum atomic E-state index is -3.86. The first-order valence-corrected chi connectivity index (χ1v) is 8.03. The molecule has 0 spiro atoms. The predicted octanol–water partition coefficient (Wildman–Crippen LogP) is 2.26. The average molecular weight is 381 g/mol. The van der Waals surface area contributed by atoms with Crippen LogP contribution in [0.5, 0.6) is 0 Å². The molecule has 0 radical (unpaired) electrons. The van der Waals surface area contributed by atoms with Gasteiger partial charge in [0.25, 0.3) is 0 Å². The molecule has 0 atom stereocenters. The van der Waals surface area contributed by atoms with Crippen LogP contribution in [0.3, 0.4) is 0 Å². The summed E-state index contributed by atoms with van der Waals surface area (Å²) in [7, 11) is -3.86. The smallest absolute Gasteiger partial charge is 0.245 e. The topological polar surface area (TPSA) is 85.3 Å². The number of nitrogens with one attached hydrogen (secondary N) is 1. The standard InChI is InChI=1S/C12H11BrF2N2O3S/c13-12-11(4-8(5-16)20-12)21(18,19)17-6-7-1-2-9(14)10(15)3-7/h1-4,17H,5-6,16H2. The second kappa shape index (κ2) is 6.22. The van der Waals surface area contributed by atoms with Gasteiger partial charge in [-0.3, -0.25) is 0 Å². The highest BCUT2D eigenvalue weighted by Gasteiger charge is 2.22. The molecule has 0 aliphatic rings. The van der Waals surface area contributed by atoms with Gasteiger partial charge in [0, 0.05) is 12.6 Å². The molecule has 2 aromatic rings. The fraction of sp³-hybridized carbons (Fsp3) is 0.167. The monoisotopic (exact) mass is 380 g/mol. The van der Waals surface area contributed by atoms with E-state index in [1.807, 2.05) is 0 Å². The molecule has 2 rings (SSSR count). The van der Waals surface area contributed by atoms with Crippen LogP contribution in [-0.2, 0) is 23.1 Å². The van der Waals surface area contributed by atoms with E-state index >= 15 is 0 Å². The van der Waals surface area contributed by atoms with Crippen LogP contribution in [0.2, 0.25) is 0 Å². The highest BCUT2D eigenvalue weighted by Crippen LogP contribution is 2.26. The normalized spacial score (nSPS) is 11.8. The van der Waals surface area contributed by atoms with Crippen LogP contribution < -0.4 is 10.5 Å². The third-order valence-electron chi connectivity index (χ3n) is 2.65. The number of sulfonamides is 1. The number of rotatable bonds is 5. The Bertz CT molecular complexity index is 762. The van der Waals surface area contributed by atoms with Gasteiger partial charge in [0.2, 0.25) is 10.0 Å². The molecule has 5 nitrogen and oxygen atoms in total. The Morgan fingerprint density at radius 2 is 1.95 bits per heavy atom. The van der Waals surface area contributed by atoms with Gasteiger partial charge in [-0.2, -0.15) is 0 Å². The largest absolute Gasteiger partial charge is 0.452 e. The Morgan fingerprint density at radius 1 is 1.24 bits per heavy atom. The lowest BCUT2D eigenvalue weighted by Crippen LogP contribution is -2.23. The molecule has 0 saturated heterocycles. The molecule has 1 heterocycles. The summed E-state index contributed by atoms with van der Waals surface area (Å²) in [6.07, 6.45) is 0. The van der Waals surface area contributed by atoms with Gasteiger partial charge < -0.3 is 10.2 Å². The SMILES string of the molecule is NCc1cc(S(=O)(=O)NCc2ccc(F)c(F)c2)c(Br)o1. The van der Waals surface area contributed by atoms with Crippen molar-refractivity contribution in [3.63, 3.8) is 0 Å². The minimum Gasteiger partial charge on any atom is -0.452 e. The summed E-state index contributed by atoms with van der Waals surface area (Å²) in [4.78, 5) is -0.106. The maximum absolute atomic E-state index is 13.0. The molecule has 3 N–H and O–H groups in total. The van der Waals surface area contributed by atoms with Crippen molar-refractivity contribution in [2.75, 3.05) is 0 Å². The van der Waals surface area contributed by atoms with Crippen LogP contribution in [0.25, 0.3) is 0 Å². The van der Waals surface area contributed by atoms with Crippen LogP contribution >= 0.6 is 15.9 Å². The van der Waals surface area contributed by atoms with Crippen molar-refractivity contribution in [1.29, 1.82) is 0 Å². The Kier molecular flexibility index (Phi) is 4.77. The van der Waals surface area contributed by atoms with E-state index in [-0.39, 0.29) is 28.2 Å². The fourth-order valence-electron chi connectivity index (χ4n) is 1.59. The number of hydrogen-bond donors (Lipinski definition) is 2. The summed E-state index contributed by atoms with van der Waals surface area (Å²) in [5, 5.41) is 0. The van der Waals surface area contributed by atoms with Gasteiger partial charge in [0.05, 0.1) is 6.54 Å². The molecule has 21 heavy (non-hydrogen) atoms. The maximum atomic E-state index is 13.0. The Balaban J connectivity index is 2.17. The third-order valence-corrected chi connectivity index (χ3v) is 4.91. The summed E-state index contributed by atoms with van der Waals surface area (Å²) in [5.41, 5.74) is 5.65. The Hall–Kier alpha value is -1.29. The van der Waals surface area contributed by atoms with Crippen molar-refractivity contribution < 1.29 is 21.6 Å². The second-order valence-corrected chi connectivity index (χ2v) is 6.58. The van der Waals surface area contributed by atoms with Crippen molar-refractivity contribution in [3.8, 4) is 0 Å². The molecule has 0 amide bonds. The first-order chi connectivity index (χ1) is 9.83. The molecule has 0 aliphatic carbocycles. The first-order valence-electron chi connectivity index (χ1n) is 5.75. The fourth-order valence-corrected chi connectivity index (χ4v) is 3.60. The van der Waals surface area contributed by atoms with E-state index in [9.17, 15) is 17.2 Å². The molecule has 0 bridgehead atoms. The van der Waals surface area contributed by atoms with Crippen molar-refractivity contribution in [2.45, 2.75) is 18.0 Å². The van der Waals surface area contributed by atoms with Crippen LogP contribution in [0.1, 0.15) is 11.3 Å². The predicted molar refractivity (Wildman–Crippen MR) is 74.7 cm³/mol. The van der Waals surface area contributed by atoms with E-state index in [2.05, 4.69) is 20.7 Å². The maximum Gasteiger partial charge on any atom is 0.245 e. The van der Waals surface area contributed by atoms with Gasteiger partial charge in [-0.05, 0) is 33.6 Å². The number of nitrogens with two attached hydrogens (primary N) is 1. The third kappa shape index (κ3) is 3.67. The molecule has 0 saturated carbocycles. The second-order valence-electron chi connectivity index (χ2n) is 4.13. The summed E-state index contributed by atoms with van der Waals surface area (Å²) in [6.45, 7) is -0.133. The van der Waals surface area contributed by atoms with Crippen LogP contribution in [0.4, 0.5) is 8.78 Å². The quantitative estimate of drug-likeness (QED) is 0.832. The lowest BCUT2D eigenvalue weighted by molar-refractivity contribution is 0.483. The molecule has 1 aromatic heterocycles. The van der Waals surface area contributed by atoms with Gasteiger partial charge in [0.15, 0.2) is 16.3 Å². The lowest BCUT2D eigenvalue weighted by atomic mass is 10.2. The highest BCUT2D eigenvalue weighted by atomic mass is 79.9. The Labute approximate surface area is 128 Å². The number of benzene rings is 1. The van der Waals surface area contributed by atoms with Crippen molar-refractivity contribution >= 4 is 26.0 Å². The van der Waals surface area contributed by atoms with Crippen LogP contribution in [0, 0.1) is 11.6 Å². The van der Waals surface area contributed by atoms with Crippen LogP contribution in [0.15, 0.2) is 38.2 Å². The van der Waals surface area contributed by atoms with E-state index in [1.54, 1.807) is 0 Å². The molecule has 9 heteroatoms. The highest BCUT2D eigenvalue weighted by molar-refractivity contribution is 9.10. The number of furan rings is 1. The summed E-state index contributed by atoms with van der Waals surface area (Å²) in [5.74, 6) is -1.73. The van der Waals surface area contributed by atoms with E-state index < -0.39 is 21.7 Å². The van der Waals surface area contributed by atoms with Crippen molar-refractivity contribution in [2.24, 2.45) is 5.73 Å². The number of halogens is 3. The van der Waals surface area contributed by atoms with Gasteiger partial charge in [0.1, 0.15) is 10.7 Å². The molecule has 1 aromatic carbocycles. The first kappa shape index (κ1) is 16.1. The number of hydrogen-bond acceptors (Lipinski definition) is 4. The zero-order valence-electron chi connectivity index (χ0n) is 10.6. The molecular weight excluding hydrogens is 370 g/mol. The average Bonchev–Trinajstić information content (AvgIpc) is 2.82. The minimum absolute atomic E-state index is 0.0285. The van der Waals surface area contributed by atoms with Crippen LogP contribution in [-0.4, -0.2) is 8.42 Å². The van der Waals surface area contributed by atoms with Gasteiger partial charge in [-0.1, -0.05) is 6.07 Å². The van der Waals surface area contributed by atoms with Gasteiger partial charge in [-0.15, -0.1) is 0 Å². The molecule has 0 fully saturated rings. The molecule has 114 valence electrons. The van der Waals surface area contributed by atoms with Gasteiger partial charge in [-0.25, -0.2) is 21.9 Å². The van der Waals surface area contributed by atoms with E-state index in [1.165, 1.54) is 12.1 Å². The molecular formula is C12H11BrF2N2O3S. The van der Waals surface area contributed by atoms with Crippen molar-refractivity contribution in [1.82, 2.24) is 4.72 Å². The summed E-state index contributed by atoms with van der Waals surface area (Å²) in [6, 6.07) is 4.43. The zero-order chi connectivity index (χ0) is 15.6. The summed E-state index contributed by atoms with van der Waals surface area (Å²) >= 11 is 2.99. The van der Waals surface area contributed by atoms with E-state index in [4.69, 9.17) is 10.2 Å². The Morgan fingerprint density at radius 3 is 2.52 bits per heavy atom. The summed E-state index contributed by atoms with van der Waals surface area (Å²) < 4.78 is 57.4. The molecule has 0 unspecified atom stereocenters. The van der Waals surface area contributed by atoms with Gasteiger partial charge >= 0.3 is 0 Å². The zero-order valence-corrected chi connectivity index (χ0v) is 13.0.